The van der Waals surface area contributed by atoms with E-state index in [9.17, 15) is 0 Å². The van der Waals surface area contributed by atoms with Gasteiger partial charge in [-0.2, -0.15) is 0 Å². The molecule has 3 aromatic rings. The zero-order valence-corrected chi connectivity index (χ0v) is 11.2. The second-order valence-corrected chi connectivity index (χ2v) is 3.81. The number of nitrogens with two attached hydrogens (primary N) is 1. The number of fused-ring (bicyclic) bond motifs is 1. The van der Waals surface area contributed by atoms with Gasteiger partial charge in [-0.1, -0.05) is 13.8 Å². The largest absolute Gasteiger partial charge is 0.434 e. The summed E-state index contributed by atoms with van der Waals surface area (Å²) >= 11 is 0. The first-order valence-corrected chi connectivity index (χ1v) is 6.17. The summed E-state index contributed by atoms with van der Waals surface area (Å²) in [6.45, 7) is 5.94. The van der Waals surface area contributed by atoms with E-state index in [1.54, 1.807) is 24.7 Å². The van der Waals surface area contributed by atoms with E-state index >= 15 is 0 Å². The Balaban J connectivity index is 0.000000637. The highest BCUT2D eigenvalue weighted by molar-refractivity contribution is 5.77. The van der Waals surface area contributed by atoms with Crippen molar-refractivity contribution < 1.29 is 4.42 Å². The van der Waals surface area contributed by atoms with Crippen molar-refractivity contribution in [3.8, 4) is 11.5 Å². The topological polar surface area (TPSA) is 77.8 Å². The molecule has 0 saturated carbocycles. The van der Waals surface area contributed by atoms with Crippen molar-refractivity contribution in [2.45, 2.75) is 20.8 Å². The van der Waals surface area contributed by atoms with Gasteiger partial charge in [0.05, 0.1) is 11.8 Å². The highest BCUT2D eigenvalue weighted by Crippen LogP contribution is 2.27. The average Bonchev–Trinajstić information content (AvgIpc) is 2.87. The summed E-state index contributed by atoms with van der Waals surface area (Å²) in [5, 5.41) is 0. The van der Waals surface area contributed by atoms with E-state index in [2.05, 4.69) is 15.0 Å². The molecule has 3 heterocycles. The zero-order chi connectivity index (χ0) is 13.8. The number of anilines is 1. The number of rotatable bonds is 1. The maximum absolute atomic E-state index is 5.82. The van der Waals surface area contributed by atoms with Gasteiger partial charge in [0.25, 0.3) is 0 Å². The van der Waals surface area contributed by atoms with Gasteiger partial charge in [-0.3, -0.25) is 4.98 Å². The van der Waals surface area contributed by atoms with Crippen LogP contribution in [0, 0.1) is 6.92 Å². The van der Waals surface area contributed by atoms with E-state index in [0.717, 1.165) is 11.1 Å². The molecule has 0 spiro atoms. The van der Waals surface area contributed by atoms with E-state index < -0.39 is 0 Å². The van der Waals surface area contributed by atoms with Crippen molar-refractivity contribution in [2.75, 3.05) is 5.73 Å². The molecular weight excluding hydrogens is 240 g/mol. The van der Waals surface area contributed by atoms with Crippen molar-refractivity contribution >= 4 is 16.9 Å². The van der Waals surface area contributed by atoms with Crippen molar-refractivity contribution in [3.63, 3.8) is 0 Å². The van der Waals surface area contributed by atoms with Crippen LogP contribution in [0.5, 0.6) is 0 Å². The quantitative estimate of drug-likeness (QED) is 0.723. The van der Waals surface area contributed by atoms with Gasteiger partial charge < -0.3 is 10.2 Å². The van der Waals surface area contributed by atoms with E-state index in [0.29, 0.717) is 22.9 Å². The lowest BCUT2D eigenvalue weighted by atomic mass is 10.2. The third-order valence-electron chi connectivity index (χ3n) is 2.48. The predicted molar refractivity (Wildman–Crippen MR) is 75.5 cm³/mol. The standard InChI is InChI=1S/C12H10N4O.C2H6/c1-7-4-8(11(13)15-5-7)12-16-9-2-3-14-6-10(9)17-12;1-2/h2-6H,1H3,(H2,13,15);1-2H3. The van der Waals surface area contributed by atoms with Crippen molar-refractivity contribution in [3.05, 3.63) is 36.3 Å². The van der Waals surface area contributed by atoms with Crippen LogP contribution in [0.4, 0.5) is 5.82 Å². The molecule has 5 heteroatoms. The molecule has 0 fully saturated rings. The Morgan fingerprint density at radius 2 is 2.00 bits per heavy atom. The summed E-state index contributed by atoms with van der Waals surface area (Å²) in [6, 6.07) is 3.70. The maximum atomic E-state index is 5.82. The number of nitrogens with zero attached hydrogens (tertiary/aromatic N) is 3. The molecule has 0 amide bonds. The van der Waals surface area contributed by atoms with Crippen LogP contribution >= 0.6 is 0 Å². The van der Waals surface area contributed by atoms with E-state index in [4.69, 9.17) is 10.2 Å². The molecule has 3 aromatic heterocycles. The zero-order valence-electron chi connectivity index (χ0n) is 11.2. The second-order valence-electron chi connectivity index (χ2n) is 3.81. The van der Waals surface area contributed by atoms with E-state index in [1.807, 2.05) is 26.8 Å². The summed E-state index contributed by atoms with van der Waals surface area (Å²) in [7, 11) is 0. The molecule has 5 nitrogen and oxygen atoms in total. The third kappa shape index (κ3) is 2.54. The molecule has 0 aliphatic heterocycles. The molecule has 98 valence electrons. The first-order chi connectivity index (χ1) is 9.24. The summed E-state index contributed by atoms with van der Waals surface area (Å²) in [5.74, 6) is 0.886. The fourth-order valence-corrected chi connectivity index (χ4v) is 1.65. The first-order valence-electron chi connectivity index (χ1n) is 6.17. The van der Waals surface area contributed by atoms with Crippen molar-refractivity contribution in [1.29, 1.82) is 0 Å². The Kier molecular flexibility index (Phi) is 3.75. The molecule has 0 aliphatic rings. The fraction of sp³-hybridized carbons (Fsp3) is 0.214. The molecule has 0 atom stereocenters. The number of nitrogen functional groups attached to an aromatic ring is 1. The number of oxazole rings is 1. The van der Waals surface area contributed by atoms with Gasteiger partial charge in [0.1, 0.15) is 11.3 Å². The van der Waals surface area contributed by atoms with Crippen LogP contribution < -0.4 is 5.73 Å². The predicted octanol–water partition coefficient (Wildman–Crippen LogP) is 3.20. The molecule has 19 heavy (non-hydrogen) atoms. The van der Waals surface area contributed by atoms with Crippen LogP contribution in [0.2, 0.25) is 0 Å². The minimum absolute atomic E-state index is 0.412. The van der Waals surface area contributed by atoms with Gasteiger partial charge >= 0.3 is 0 Å². The molecular formula is C14H16N4O. The maximum Gasteiger partial charge on any atom is 0.231 e. The highest BCUT2D eigenvalue weighted by Gasteiger charge is 2.11. The Labute approximate surface area is 111 Å². The lowest BCUT2D eigenvalue weighted by Crippen LogP contribution is -1.94. The van der Waals surface area contributed by atoms with Gasteiger partial charge in [0, 0.05) is 12.4 Å². The molecule has 0 aromatic carbocycles. The first kappa shape index (κ1) is 13.0. The highest BCUT2D eigenvalue weighted by atomic mass is 16.3. The fourth-order valence-electron chi connectivity index (χ4n) is 1.65. The smallest absolute Gasteiger partial charge is 0.231 e. The van der Waals surface area contributed by atoms with Gasteiger partial charge in [0.2, 0.25) is 5.89 Å². The lowest BCUT2D eigenvalue weighted by Gasteiger charge is -2.00. The van der Waals surface area contributed by atoms with Crippen LogP contribution in [-0.4, -0.2) is 15.0 Å². The molecule has 2 N–H and O–H groups in total. The van der Waals surface area contributed by atoms with Crippen LogP contribution in [0.25, 0.3) is 22.6 Å². The van der Waals surface area contributed by atoms with Crippen molar-refractivity contribution in [1.82, 2.24) is 15.0 Å². The number of aromatic nitrogens is 3. The summed E-state index contributed by atoms with van der Waals surface area (Å²) < 4.78 is 5.60. The summed E-state index contributed by atoms with van der Waals surface area (Å²) in [6.07, 6.45) is 5.01. The second kappa shape index (κ2) is 5.48. The van der Waals surface area contributed by atoms with Crippen LogP contribution in [-0.2, 0) is 0 Å². The van der Waals surface area contributed by atoms with Crippen molar-refractivity contribution in [2.24, 2.45) is 0 Å². The molecule has 0 radical (unpaired) electrons. The van der Waals surface area contributed by atoms with E-state index in [1.165, 1.54) is 0 Å². The number of pyridine rings is 2. The molecule has 0 saturated heterocycles. The summed E-state index contributed by atoms with van der Waals surface area (Å²) in [5.41, 5.74) is 8.94. The molecule has 0 aliphatic carbocycles. The average molecular weight is 256 g/mol. The Morgan fingerprint density at radius 3 is 2.74 bits per heavy atom. The number of hydrogen-bond donors (Lipinski definition) is 1. The van der Waals surface area contributed by atoms with Crippen LogP contribution in [0.15, 0.2) is 35.1 Å². The number of hydrogen-bond acceptors (Lipinski definition) is 5. The minimum atomic E-state index is 0.412. The van der Waals surface area contributed by atoms with Gasteiger partial charge in [-0.05, 0) is 24.6 Å². The molecule has 0 bridgehead atoms. The SMILES string of the molecule is CC.Cc1cnc(N)c(-c2nc3ccncc3o2)c1. The Morgan fingerprint density at radius 1 is 1.21 bits per heavy atom. The normalized spacial score (nSPS) is 10.1. The van der Waals surface area contributed by atoms with Gasteiger partial charge in [0.15, 0.2) is 5.58 Å². The number of aryl methyl sites for hydroxylation is 1. The third-order valence-corrected chi connectivity index (χ3v) is 2.48. The Hall–Kier alpha value is -2.43. The van der Waals surface area contributed by atoms with E-state index in [-0.39, 0.29) is 0 Å². The Bertz CT molecular complexity index is 658. The summed E-state index contributed by atoms with van der Waals surface area (Å²) in [4.78, 5) is 12.4. The minimum Gasteiger partial charge on any atom is -0.434 e. The lowest BCUT2D eigenvalue weighted by molar-refractivity contribution is 0.618. The molecule has 0 unspecified atom stereocenters. The van der Waals surface area contributed by atoms with Crippen LogP contribution in [0.1, 0.15) is 19.4 Å². The monoisotopic (exact) mass is 256 g/mol. The van der Waals surface area contributed by atoms with Crippen LogP contribution in [0.3, 0.4) is 0 Å². The van der Waals surface area contributed by atoms with Gasteiger partial charge in [-0.15, -0.1) is 0 Å². The van der Waals surface area contributed by atoms with Gasteiger partial charge in [-0.25, -0.2) is 9.97 Å². The molecule has 3 rings (SSSR count).